The van der Waals surface area contributed by atoms with Crippen molar-refractivity contribution in [2.45, 2.75) is 25.8 Å². The quantitative estimate of drug-likeness (QED) is 0.857. The molecule has 102 valence electrons. The molecule has 0 spiro atoms. The SMILES string of the molecule is CCNc1cccnc1S(=O)(=O)N(C)CC(C)C. The minimum absolute atomic E-state index is 0.0926. The van der Waals surface area contributed by atoms with Gasteiger partial charge in [0.05, 0.1) is 5.69 Å². The van der Waals surface area contributed by atoms with Gasteiger partial charge in [-0.15, -0.1) is 0 Å². The molecule has 1 aromatic heterocycles. The molecule has 1 aromatic rings. The Hall–Kier alpha value is -1.14. The van der Waals surface area contributed by atoms with Crippen molar-refractivity contribution in [1.29, 1.82) is 0 Å². The van der Waals surface area contributed by atoms with Gasteiger partial charge in [0.1, 0.15) is 0 Å². The van der Waals surface area contributed by atoms with Gasteiger partial charge in [-0.1, -0.05) is 13.8 Å². The van der Waals surface area contributed by atoms with Crippen LogP contribution in [0.25, 0.3) is 0 Å². The van der Waals surface area contributed by atoms with E-state index in [9.17, 15) is 8.42 Å². The van der Waals surface area contributed by atoms with E-state index in [1.54, 1.807) is 19.2 Å². The van der Waals surface area contributed by atoms with Crippen molar-refractivity contribution >= 4 is 15.7 Å². The summed E-state index contributed by atoms with van der Waals surface area (Å²) < 4.78 is 26.1. The Morgan fingerprint density at radius 1 is 1.44 bits per heavy atom. The van der Waals surface area contributed by atoms with Crippen LogP contribution in [0.5, 0.6) is 0 Å². The first-order valence-corrected chi connectivity index (χ1v) is 7.48. The predicted molar refractivity (Wildman–Crippen MR) is 73.1 cm³/mol. The molecule has 18 heavy (non-hydrogen) atoms. The molecule has 0 aliphatic heterocycles. The fourth-order valence-corrected chi connectivity index (χ4v) is 3.08. The Morgan fingerprint density at radius 3 is 2.67 bits per heavy atom. The number of hydrogen-bond donors (Lipinski definition) is 1. The van der Waals surface area contributed by atoms with E-state index in [0.717, 1.165) is 0 Å². The zero-order valence-corrected chi connectivity index (χ0v) is 12.2. The minimum Gasteiger partial charge on any atom is -0.383 e. The summed E-state index contributed by atoms with van der Waals surface area (Å²) in [6, 6.07) is 3.45. The highest BCUT2D eigenvalue weighted by molar-refractivity contribution is 7.89. The number of aromatic nitrogens is 1. The molecule has 0 aliphatic carbocycles. The average molecular weight is 271 g/mol. The van der Waals surface area contributed by atoms with E-state index < -0.39 is 10.0 Å². The average Bonchev–Trinajstić information content (AvgIpc) is 2.29. The van der Waals surface area contributed by atoms with Gasteiger partial charge in [0.25, 0.3) is 10.0 Å². The fourth-order valence-electron chi connectivity index (χ4n) is 1.68. The Kier molecular flexibility index (Phi) is 5.10. The van der Waals surface area contributed by atoms with Crippen molar-refractivity contribution in [3.8, 4) is 0 Å². The van der Waals surface area contributed by atoms with Gasteiger partial charge in [-0.2, -0.15) is 4.31 Å². The second kappa shape index (κ2) is 6.15. The third-order valence-electron chi connectivity index (χ3n) is 2.42. The van der Waals surface area contributed by atoms with Crippen LogP contribution in [-0.4, -0.2) is 37.8 Å². The lowest BCUT2D eigenvalue weighted by molar-refractivity contribution is 0.415. The third kappa shape index (κ3) is 3.43. The van der Waals surface area contributed by atoms with Crippen LogP contribution in [0.2, 0.25) is 0 Å². The normalized spacial score (nSPS) is 12.1. The van der Waals surface area contributed by atoms with E-state index >= 15 is 0 Å². The summed E-state index contributed by atoms with van der Waals surface area (Å²) in [6.07, 6.45) is 1.50. The van der Waals surface area contributed by atoms with Crippen LogP contribution in [-0.2, 0) is 10.0 Å². The lowest BCUT2D eigenvalue weighted by Crippen LogP contribution is -2.31. The van der Waals surface area contributed by atoms with E-state index in [-0.39, 0.29) is 10.9 Å². The summed E-state index contributed by atoms with van der Waals surface area (Å²) in [7, 11) is -1.94. The molecule has 0 atom stereocenters. The van der Waals surface area contributed by atoms with Crippen molar-refractivity contribution in [3.63, 3.8) is 0 Å². The molecule has 0 bridgehead atoms. The number of rotatable bonds is 6. The molecule has 6 heteroatoms. The lowest BCUT2D eigenvalue weighted by Gasteiger charge is -2.20. The maximum Gasteiger partial charge on any atom is 0.262 e. The van der Waals surface area contributed by atoms with E-state index in [4.69, 9.17) is 0 Å². The molecule has 1 N–H and O–H groups in total. The second-order valence-electron chi connectivity index (χ2n) is 4.57. The standard InChI is InChI=1S/C12H21N3O2S/c1-5-13-11-7-6-8-14-12(11)18(16,17)15(4)9-10(2)3/h6-8,10,13H,5,9H2,1-4H3. The van der Waals surface area contributed by atoms with Crippen molar-refractivity contribution in [2.24, 2.45) is 5.92 Å². The van der Waals surface area contributed by atoms with Crippen LogP contribution in [0, 0.1) is 5.92 Å². The monoisotopic (exact) mass is 271 g/mol. The smallest absolute Gasteiger partial charge is 0.262 e. The first kappa shape index (κ1) is 14.9. The van der Waals surface area contributed by atoms with Crippen molar-refractivity contribution < 1.29 is 8.42 Å². The van der Waals surface area contributed by atoms with Crippen molar-refractivity contribution in [2.75, 3.05) is 25.5 Å². The van der Waals surface area contributed by atoms with Crippen LogP contribution in [0.15, 0.2) is 23.4 Å². The molecule has 0 unspecified atom stereocenters. The summed E-state index contributed by atoms with van der Waals surface area (Å²) in [5.74, 6) is 0.274. The zero-order chi connectivity index (χ0) is 13.8. The van der Waals surface area contributed by atoms with Gasteiger partial charge in [0, 0.05) is 26.3 Å². The zero-order valence-electron chi connectivity index (χ0n) is 11.3. The molecule has 0 aromatic carbocycles. The van der Waals surface area contributed by atoms with Gasteiger partial charge in [0.15, 0.2) is 5.03 Å². The molecule has 1 rings (SSSR count). The Labute approximate surface area is 109 Å². The summed E-state index contributed by atoms with van der Waals surface area (Å²) in [6.45, 7) is 7.01. The van der Waals surface area contributed by atoms with E-state index in [0.29, 0.717) is 18.8 Å². The van der Waals surface area contributed by atoms with E-state index in [1.165, 1.54) is 10.5 Å². The molecule has 0 amide bonds. The molecular formula is C12H21N3O2S. The highest BCUT2D eigenvalue weighted by Crippen LogP contribution is 2.21. The topological polar surface area (TPSA) is 62.3 Å². The van der Waals surface area contributed by atoms with Crippen molar-refractivity contribution in [3.05, 3.63) is 18.3 Å². The highest BCUT2D eigenvalue weighted by atomic mass is 32.2. The Morgan fingerprint density at radius 2 is 2.11 bits per heavy atom. The maximum absolute atomic E-state index is 12.4. The van der Waals surface area contributed by atoms with E-state index in [2.05, 4.69) is 10.3 Å². The van der Waals surface area contributed by atoms with E-state index in [1.807, 2.05) is 20.8 Å². The van der Waals surface area contributed by atoms with Crippen LogP contribution in [0.3, 0.4) is 0 Å². The molecular weight excluding hydrogens is 250 g/mol. The van der Waals surface area contributed by atoms with Gasteiger partial charge in [-0.05, 0) is 25.0 Å². The number of sulfonamides is 1. The van der Waals surface area contributed by atoms with Crippen molar-refractivity contribution in [1.82, 2.24) is 9.29 Å². The number of anilines is 1. The number of nitrogens with one attached hydrogen (secondary N) is 1. The number of nitrogens with zero attached hydrogens (tertiary/aromatic N) is 2. The first-order valence-electron chi connectivity index (χ1n) is 6.04. The molecule has 0 saturated carbocycles. The summed E-state index contributed by atoms with van der Waals surface area (Å²) in [4.78, 5) is 4.01. The second-order valence-corrected chi connectivity index (χ2v) is 6.53. The molecule has 0 aliphatic rings. The molecule has 0 fully saturated rings. The minimum atomic E-state index is -3.53. The highest BCUT2D eigenvalue weighted by Gasteiger charge is 2.25. The molecule has 5 nitrogen and oxygen atoms in total. The third-order valence-corrected chi connectivity index (χ3v) is 4.20. The van der Waals surface area contributed by atoms with Crippen LogP contribution in [0.4, 0.5) is 5.69 Å². The van der Waals surface area contributed by atoms with Crippen LogP contribution >= 0.6 is 0 Å². The van der Waals surface area contributed by atoms with Gasteiger partial charge < -0.3 is 5.32 Å². The van der Waals surface area contributed by atoms with Crippen LogP contribution in [0.1, 0.15) is 20.8 Å². The molecule has 1 heterocycles. The largest absolute Gasteiger partial charge is 0.383 e. The predicted octanol–water partition coefficient (Wildman–Crippen LogP) is 1.79. The lowest BCUT2D eigenvalue weighted by atomic mass is 10.2. The number of hydrogen-bond acceptors (Lipinski definition) is 4. The first-order chi connectivity index (χ1) is 8.39. The summed E-state index contributed by atoms with van der Waals surface area (Å²) in [5.41, 5.74) is 0.551. The fraction of sp³-hybridized carbons (Fsp3) is 0.583. The van der Waals surface area contributed by atoms with Gasteiger partial charge in [0.2, 0.25) is 0 Å². The van der Waals surface area contributed by atoms with Gasteiger partial charge in [-0.3, -0.25) is 0 Å². The van der Waals surface area contributed by atoms with Gasteiger partial charge in [-0.25, -0.2) is 13.4 Å². The molecule has 0 radical (unpaired) electrons. The summed E-state index contributed by atoms with van der Waals surface area (Å²) >= 11 is 0. The van der Waals surface area contributed by atoms with Gasteiger partial charge >= 0.3 is 0 Å². The van der Waals surface area contributed by atoms with Crippen LogP contribution < -0.4 is 5.32 Å². The number of pyridine rings is 1. The maximum atomic E-state index is 12.4. The Balaban J connectivity index is 3.11. The Bertz CT molecular complexity index is 486. The molecule has 0 saturated heterocycles. The summed E-state index contributed by atoms with van der Waals surface area (Å²) in [5, 5.41) is 3.11.